The third-order valence-corrected chi connectivity index (χ3v) is 6.20. The summed E-state index contributed by atoms with van der Waals surface area (Å²) in [6.07, 6.45) is -1.19. The number of ether oxygens (including phenoxy) is 1. The van der Waals surface area contributed by atoms with Crippen LogP contribution >= 0.6 is 0 Å². The van der Waals surface area contributed by atoms with E-state index in [0.29, 0.717) is 12.1 Å². The summed E-state index contributed by atoms with van der Waals surface area (Å²) in [7, 11) is -4.54. The molecule has 0 radical (unpaired) electrons. The Kier molecular flexibility index (Phi) is 9.04. The largest absolute Gasteiger partial charge is 0.416 e. The zero-order valence-electron chi connectivity index (χ0n) is 19.3. The van der Waals surface area contributed by atoms with Crippen molar-refractivity contribution in [1.82, 2.24) is 9.55 Å². The predicted octanol–water partition coefficient (Wildman–Crippen LogP) is 4.32. The van der Waals surface area contributed by atoms with E-state index in [0.717, 1.165) is 10.6 Å². The van der Waals surface area contributed by atoms with Crippen LogP contribution in [0.5, 0.6) is 0 Å². The average Bonchev–Trinajstić information content (AvgIpc) is 3.13. The molecule has 0 amide bonds. The lowest BCUT2D eigenvalue weighted by atomic mass is 10.2. The van der Waals surface area contributed by atoms with Gasteiger partial charge in [0, 0.05) is 18.6 Å². The van der Waals surface area contributed by atoms with Gasteiger partial charge < -0.3 is 20.1 Å². The number of nitrogens with zero attached hydrogens (tertiary/aromatic N) is 2. The molecule has 3 N–H and O–H groups in total. The number of nitrogen functional groups attached to an aromatic ring is 1. The molecule has 192 valence electrons. The standard InChI is InChI=1S/C18H22F4N2O4S.C5H5N/c1-17(2,3)28-10-13(25)9-24-8-12(23)7-16(24)29(26,27)15-5-4-11(6-14(15)19)18(20,21)22;1-2-4-6-5-3-1/h4-8,13,25H,9-10,23H2,1-3H3;1-5H. The van der Waals surface area contributed by atoms with Gasteiger partial charge in [-0.1, -0.05) is 6.07 Å². The summed E-state index contributed by atoms with van der Waals surface area (Å²) in [4.78, 5) is 2.86. The summed E-state index contributed by atoms with van der Waals surface area (Å²) in [5.74, 6) is -1.54. The SMILES string of the molecule is CC(C)(C)OCC(O)Cn1cc(N)cc1S(=O)(=O)c1ccc(C(F)(F)F)cc1F.c1ccncc1. The van der Waals surface area contributed by atoms with Crippen LogP contribution in [0.3, 0.4) is 0 Å². The lowest BCUT2D eigenvalue weighted by Gasteiger charge is -2.22. The van der Waals surface area contributed by atoms with Gasteiger partial charge in [0.1, 0.15) is 15.7 Å². The van der Waals surface area contributed by atoms with E-state index in [2.05, 4.69) is 4.98 Å². The average molecular weight is 518 g/mol. The van der Waals surface area contributed by atoms with Crippen molar-refractivity contribution in [2.45, 2.75) is 55.1 Å². The number of anilines is 1. The number of nitrogens with two attached hydrogens (primary N) is 1. The monoisotopic (exact) mass is 517 g/mol. The minimum atomic E-state index is -4.81. The third kappa shape index (κ3) is 8.34. The van der Waals surface area contributed by atoms with Crippen LogP contribution in [0, 0.1) is 5.82 Å². The van der Waals surface area contributed by atoms with Crippen LogP contribution in [0.1, 0.15) is 26.3 Å². The molecule has 12 heteroatoms. The van der Waals surface area contributed by atoms with E-state index in [9.17, 15) is 31.1 Å². The molecule has 0 aliphatic heterocycles. The van der Waals surface area contributed by atoms with E-state index in [1.807, 2.05) is 18.2 Å². The van der Waals surface area contributed by atoms with Gasteiger partial charge in [-0.2, -0.15) is 13.2 Å². The molecule has 0 aliphatic carbocycles. The van der Waals surface area contributed by atoms with Crippen molar-refractivity contribution in [2.75, 3.05) is 12.3 Å². The maximum atomic E-state index is 14.2. The molecule has 3 aromatic rings. The van der Waals surface area contributed by atoms with Crippen molar-refractivity contribution < 1.29 is 35.8 Å². The van der Waals surface area contributed by atoms with Gasteiger partial charge in [0.05, 0.1) is 36.1 Å². The molecule has 0 aliphatic rings. The van der Waals surface area contributed by atoms with Crippen molar-refractivity contribution in [3.8, 4) is 0 Å². The number of sulfone groups is 1. The Morgan fingerprint density at radius 3 is 2.20 bits per heavy atom. The maximum Gasteiger partial charge on any atom is 0.416 e. The van der Waals surface area contributed by atoms with Gasteiger partial charge in [0.15, 0.2) is 0 Å². The highest BCUT2D eigenvalue weighted by atomic mass is 32.2. The van der Waals surface area contributed by atoms with Gasteiger partial charge >= 0.3 is 6.18 Å². The molecule has 3 rings (SSSR count). The second-order valence-corrected chi connectivity index (χ2v) is 10.4. The molecule has 0 fully saturated rings. The van der Waals surface area contributed by atoms with E-state index in [-0.39, 0.29) is 24.9 Å². The quantitative estimate of drug-likeness (QED) is 0.472. The summed E-state index contributed by atoms with van der Waals surface area (Å²) in [6, 6.07) is 7.92. The van der Waals surface area contributed by atoms with Crippen LogP contribution in [-0.2, 0) is 27.3 Å². The van der Waals surface area contributed by atoms with Gasteiger partial charge in [-0.15, -0.1) is 0 Å². The molecule has 35 heavy (non-hydrogen) atoms. The number of hydrogen-bond donors (Lipinski definition) is 2. The Balaban J connectivity index is 0.000000625. The number of hydrogen-bond acceptors (Lipinski definition) is 6. The normalized spacial score (nSPS) is 13.1. The predicted molar refractivity (Wildman–Crippen MR) is 122 cm³/mol. The number of aliphatic hydroxyl groups excluding tert-OH is 1. The van der Waals surface area contributed by atoms with E-state index in [1.165, 1.54) is 6.20 Å². The Bertz CT molecular complexity index is 1180. The fraction of sp³-hybridized carbons (Fsp3) is 0.348. The zero-order valence-corrected chi connectivity index (χ0v) is 20.1. The number of rotatable bonds is 6. The summed E-state index contributed by atoms with van der Waals surface area (Å²) < 4.78 is 84.6. The summed E-state index contributed by atoms with van der Waals surface area (Å²) in [5, 5.41) is 9.68. The molecule has 0 bridgehead atoms. The number of halogens is 4. The Morgan fingerprint density at radius 2 is 1.74 bits per heavy atom. The molecule has 0 saturated carbocycles. The van der Waals surface area contributed by atoms with E-state index in [4.69, 9.17) is 10.5 Å². The maximum absolute atomic E-state index is 14.2. The highest BCUT2D eigenvalue weighted by Gasteiger charge is 2.33. The molecule has 0 saturated heterocycles. The summed E-state index contributed by atoms with van der Waals surface area (Å²) in [5.41, 5.74) is 3.84. The van der Waals surface area contributed by atoms with Crippen molar-refractivity contribution >= 4 is 15.5 Å². The van der Waals surface area contributed by atoms with E-state index < -0.39 is 49.0 Å². The fourth-order valence-corrected chi connectivity index (χ4v) is 4.34. The number of alkyl halides is 3. The van der Waals surface area contributed by atoms with Gasteiger partial charge in [-0.3, -0.25) is 4.98 Å². The molecule has 0 spiro atoms. The van der Waals surface area contributed by atoms with Gasteiger partial charge in [0.2, 0.25) is 9.84 Å². The minimum absolute atomic E-state index is 0.0276. The van der Waals surface area contributed by atoms with Gasteiger partial charge in [-0.05, 0) is 57.2 Å². The van der Waals surface area contributed by atoms with Gasteiger partial charge in [-0.25, -0.2) is 12.8 Å². The summed E-state index contributed by atoms with van der Waals surface area (Å²) >= 11 is 0. The minimum Gasteiger partial charge on any atom is -0.397 e. The topological polar surface area (TPSA) is 107 Å². The first kappa shape index (κ1) is 28.3. The molecule has 2 aromatic heterocycles. The van der Waals surface area contributed by atoms with Gasteiger partial charge in [0.25, 0.3) is 0 Å². The first-order chi connectivity index (χ1) is 16.1. The van der Waals surface area contributed by atoms with Crippen molar-refractivity contribution in [1.29, 1.82) is 0 Å². The first-order valence-corrected chi connectivity index (χ1v) is 11.8. The fourth-order valence-electron chi connectivity index (χ4n) is 2.83. The molecule has 1 atom stereocenters. The van der Waals surface area contributed by atoms with Crippen LogP contribution in [0.4, 0.5) is 23.2 Å². The van der Waals surface area contributed by atoms with Crippen molar-refractivity contribution in [2.24, 2.45) is 0 Å². The molecular weight excluding hydrogens is 490 g/mol. The highest BCUT2D eigenvalue weighted by Crippen LogP contribution is 2.33. The lowest BCUT2D eigenvalue weighted by Crippen LogP contribution is -2.29. The first-order valence-electron chi connectivity index (χ1n) is 10.4. The van der Waals surface area contributed by atoms with Crippen LogP contribution < -0.4 is 5.73 Å². The molecule has 1 aromatic carbocycles. The lowest BCUT2D eigenvalue weighted by molar-refractivity contribution is -0.137. The van der Waals surface area contributed by atoms with Crippen LogP contribution in [0.15, 0.2) is 71.0 Å². The highest BCUT2D eigenvalue weighted by molar-refractivity contribution is 7.91. The van der Waals surface area contributed by atoms with Crippen LogP contribution in [0.2, 0.25) is 0 Å². The Hall–Kier alpha value is -2.96. The smallest absolute Gasteiger partial charge is 0.397 e. The number of aromatic nitrogens is 2. The molecular formula is C23H27F4N3O4S. The van der Waals surface area contributed by atoms with E-state index >= 15 is 0 Å². The second-order valence-electron chi connectivity index (χ2n) is 8.51. The third-order valence-electron chi connectivity index (χ3n) is 4.38. The molecule has 7 nitrogen and oxygen atoms in total. The zero-order chi connectivity index (χ0) is 26.4. The van der Waals surface area contributed by atoms with Crippen molar-refractivity contribution in [3.05, 3.63) is 72.4 Å². The molecule has 2 heterocycles. The molecule has 1 unspecified atom stereocenters. The Morgan fingerprint density at radius 1 is 1.11 bits per heavy atom. The number of benzene rings is 1. The summed E-state index contributed by atoms with van der Waals surface area (Å²) in [6.45, 7) is 4.99. The second kappa shape index (κ2) is 11.2. The number of aliphatic hydroxyl groups is 1. The number of pyridine rings is 1. The van der Waals surface area contributed by atoms with Crippen LogP contribution in [-0.4, -0.2) is 41.4 Å². The van der Waals surface area contributed by atoms with Crippen LogP contribution in [0.25, 0.3) is 0 Å². The Labute approximate surface area is 201 Å². The van der Waals surface area contributed by atoms with Crippen molar-refractivity contribution in [3.63, 3.8) is 0 Å². The van der Waals surface area contributed by atoms with E-state index in [1.54, 1.807) is 33.2 Å².